The molecule has 0 aliphatic carbocycles. The van der Waals surface area contributed by atoms with Gasteiger partial charge in [0, 0.05) is 55.8 Å². The van der Waals surface area contributed by atoms with Crippen molar-refractivity contribution < 1.29 is 9.84 Å². The first-order valence-corrected chi connectivity index (χ1v) is 10.1. The van der Waals surface area contributed by atoms with E-state index in [1.54, 1.807) is 0 Å². The minimum atomic E-state index is -0.266. The molecule has 5 heteroatoms. The van der Waals surface area contributed by atoms with E-state index in [1.165, 1.54) is 10.9 Å². The Hall–Kier alpha value is -1.53. The lowest BCUT2D eigenvalue weighted by molar-refractivity contribution is -0.0205. The van der Waals surface area contributed by atoms with Gasteiger partial charge in [0.2, 0.25) is 0 Å². The average molecular weight is 370 g/mol. The standard InChI is InChI=1S/C22H31N3O2/c1-22(2,25-9-11-27-12-10-25)16-24-14-18(21(26)15-24)13-17-7-8-23-20-6-4-3-5-19(17)20/h3-8,18,21,26H,9-16H2,1-2H3/t18-,21-/m1/s1. The molecule has 0 radical (unpaired) electrons. The van der Waals surface area contributed by atoms with Crippen LogP contribution in [0, 0.1) is 5.92 Å². The highest BCUT2D eigenvalue weighted by atomic mass is 16.5. The molecule has 146 valence electrons. The third-order valence-corrected chi connectivity index (χ3v) is 6.18. The van der Waals surface area contributed by atoms with E-state index in [2.05, 4.69) is 52.9 Å². The molecule has 0 saturated carbocycles. The van der Waals surface area contributed by atoms with Crippen molar-refractivity contribution >= 4 is 10.9 Å². The number of morpholine rings is 1. The molecule has 0 unspecified atom stereocenters. The summed E-state index contributed by atoms with van der Waals surface area (Å²) in [6.45, 7) is 11.0. The fourth-order valence-electron chi connectivity index (χ4n) is 4.70. The highest BCUT2D eigenvalue weighted by molar-refractivity contribution is 5.81. The molecule has 27 heavy (non-hydrogen) atoms. The first-order valence-electron chi connectivity index (χ1n) is 10.1. The van der Waals surface area contributed by atoms with Crippen LogP contribution in [0.3, 0.4) is 0 Å². The van der Waals surface area contributed by atoms with Crippen LogP contribution in [0.2, 0.25) is 0 Å². The lowest BCUT2D eigenvalue weighted by atomic mass is 9.94. The Labute approximate surface area is 161 Å². The Kier molecular flexibility index (Phi) is 5.46. The quantitative estimate of drug-likeness (QED) is 0.875. The van der Waals surface area contributed by atoms with Gasteiger partial charge >= 0.3 is 0 Å². The van der Waals surface area contributed by atoms with Crippen LogP contribution < -0.4 is 0 Å². The van der Waals surface area contributed by atoms with Crippen molar-refractivity contribution in [3.05, 3.63) is 42.1 Å². The van der Waals surface area contributed by atoms with Gasteiger partial charge in [0.1, 0.15) is 0 Å². The van der Waals surface area contributed by atoms with Gasteiger partial charge in [-0.2, -0.15) is 0 Å². The van der Waals surface area contributed by atoms with Gasteiger partial charge in [-0.1, -0.05) is 18.2 Å². The Bertz CT molecular complexity index is 768. The molecule has 2 aromatic rings. The van der Waals surface area contributed by atoms with E-state index in [9.17, 15) is 5.11 Å². The number of fused-ring (bicyclic) bond motifs is 1. The summed E-state index contributed by atoms with van der Waals surface area (Å²) >= 11 is 0. The minimum Gasteiger partial charge on any atom is -0.391 e. The molecule has 5 nitrogen and oxygen atoms in total. The van der Waals surface area contributed by atoms with Crippen molar-refractivity contribution in [2.75, 3.05) is 45.9 Å². The summed E-state index contributed by atoms with van der Waals surface area (Å²) in [5.74, 6) is 0.274. The second kappa shape index (κ2) is 7.84. The van der Waals surface area contributed by atoms with Crippen LogP contribution in [0.15, 0.2) is 36.5 Å². The van der Waals surface area contributed by atoms with Crippen LogP contribution in [0.1, 0.15) is 19.4 Å². The van der Waals surface area contributed by atoms with Crippen molar-refractivity contribution in [3.8, 4) is 0 Å². The second-order valence-corrected chi connectivity index (χ2v) is 8.62. The molecule has 1 aromatic carbocycles. The summed E-state index contributed by atoms with van der Waals surface area (Å²) in [7, 11) is 0. The summed E-state index contributed by atoms with van der Waals surface area (Å²) in [6, 6.07) is 10.4. The molecule has 0 spiro atoms. The number of hydrogen-bond donors (Lipinski definition) is 1. The lowest BCUT2D eigenvalue weighted by Crippen LogP contribution is -2.55. The van der Waals surface area contributed by atoms with Gasteiger partial charge in [0.05, 0.1) is 24.8 Å². The molecule has 2 aliphatic heterocycles. The molecule has 1 N–H and O–H groups in total. The van der Waals surface area contributed by atoms with Crippen molar-refractivity contribution in [1.29, 1.82) is 0 Å². The Balaban J connectivity index is 1.42. The third-order valence-electron chi connectivity index (χ3n) is 6.18. The molecule has 3 heterocycles. The largest absolute Gasteiger partial charge is 0.391 e. The highest BCUT2D eigenvalue weighted by Crippen LogP contribution is 2.27. The topological polar surface area (TPSA) is 48.8 Å². The van der Waals surface area contributed by atoms with Gasteiger partial charge < -0.3 is 9.84 Å². The van der Waals surface area contributed by atoms with Gasteiger partial charge in [-0.3, -0.25) is 14.8 Å². The lowest BCUT2D eigenvalue weighted by Gasteiger charge is -2.42. The van der Waals surface area contributed by atoms with Gasteiger partial charge in [-0.25, -0.2) is 0 Å². The molecular weight excluding hydrogens is 338 g/mol. The Morgan fingerprint density at radius 3 is 2.74 bits per heavy atom. The second-order valence-electron chi connectivity index (χ2n) is 8.62. The third kappa shape index (κ3) is 4.16. The van der Waals surface area contributed by atoms with Gasteiger partial charge in [-0.05, 0) is 38.0 Å². The van der Waals surface area contributed by atoms with E-state index in [4.69, 9.17) is 4.74 Å². The zero-order valence-electron chi connectivity index (χ0n) is 16.5. The van der Waals surface area contributed by atoms with E-state index < -0.39 is 0 Å². The Morgan fingerprint density at radius 2 is 1.93 bits per heavy atom. The molecule has 2 aliphatic rings. The number of aromatic nitrogens is 1. The number of hydrogen-bond acceptors (Lipinski definition) is 5. The maximum Gasteiger partial charge on any atom is 0.0710 e. The summed E-state index contributed by atoms with van der Waals surface area (Å²) in [6.07, 6.45) is 2.52. The predicted molar refractivity (Wildman–Crippen MR) is 108 cm³/mol. The maximum absolute atomic E-state index is 10.7. The summed E-state index contributed by atoms with van der Waals surface area (Å²) < 4.78 is 5.50. The molecule has 1 aromatic heterocycles. The molecule has 0 bridgehead atoms. The molecule has 2 saturated heterocycles. The smallest absolute Gasteiger partial charge is 0.0710 e. The zero-order chi connectivity index (χ0) is 18.9. The Morgan fingerprint density at radius 1 is 1.15 bits per heavy atom. The van der Waals surface area contributed by atoms with Gasteiger partial charge in [0.15, 0.2) is 0 Å². The van der Waals surface area contributed by atoms with Crippen LogP contribution >= 0.6 is 0 Å². The number of aliphatic hydroxyl groups is 1. The van der Waals surface area contributed by atoms with Gasteiger partial charge in [-0.15, -0.1) is 0 Å². The number of para-hydroxylation sites is 1. The minimum absolute atomic E-state index is 0.0990. The van der Waals surface area contributed by atoms with E-state index in [0.717, 1.165) is 57.9 Å². The number of rotatable bonds is 5. The number of β-amino-alcohol motifs (C(OH)–C–C–N with tert-alkyl or cyclic N) is 1. The summed E-state index contributed by atoms with van der Waals surface area (Å²) in [4.78, 5) is 9.42. The van der Waals surface area contributed by atoms with Crippen molar-refractivity contribution in [2.24, 2.45) is 5.92 Å². The van der Waals surface area contributed by atoms with Crippen LogP contribution in [-0.2, 0) is 11.2 Å². The van der Waals surface area contributed by atoms with Crippen LogP contribution in [0.5, 0.6) is 0 Å². The van der Waals surface area contributed by atoms with E-state index in [-0.39, 0.29) is 17.6 Å². The van der Waals surface area contributed by atoms with Crippen LogP contribution in [0.25, 0.3) is 10.9 Å². The van der Waals surface area contributed by atoms with Crippen molar-refractivity contribution in [1.82, 2.24) is 14.8 Å². The van der Waals surface area contributed by atoms with E-state index in [0.29, 0.717) is 0 Å². The molecule has 0 amide bonds. The SMILES string of the molecule is CC(C)(CN1C[C@@H](Cc2ccnc3ccccc23)[C@H](O)C1)N1CCOCC1. The number of aliphatic hydroxyl groups excluding tert-OH is 1. The van der Waals surface area contributed by atoms with Crippen LogP contribution in [0.4, 0.5) is 0 Å². The number of nitrogens with zero attached hydrogens (tertiary/aromatic N) is 3. The number of likely N-dealkylation sites (tertiary alicyclic amines) is 1. The van der Waals surface area contributed by atoms with E-state index >= 15 is 0 Å². The number of pyridine rings is 1. The fraction of sp³-hybridized carbons (Fsp3) is 0.591. The summed E-state index contributed by atoms with van der Waals surface area (Å²) in [5, 5.41) is 11.9. The van der Waals surface area contributed by atoms with Crippen molar-refractivity contribution in [2.45, 2.75) is 31.9 Å². The van der Waals surface area contributed by atoms with Crippen LogP contribution in [-0.4, -0.2) is 77.5 Å². The molecule has 2 atom stereocenters. The average Bonchev–Trinajstić information content (AvgIpc) is 3.01. The normalized spacial score (nSPS) is 25.3. The van der Waals surface area contributed by atoms with Gasteiger partial charge in [0.25, 0.3) is 0 Å². The number of benzene rings is 1. The summed E-state index contributed by atoms with van der Waals surface area (Å²) in [5.41, 5.74) is 2.42. The van der Waals surface area contributed by atoms with E-state index in [1.807, 2.05) is 12.3 Å². The zero-order valence-corrected chi connectivity index (χ0v) is 16.5. The highest BCUT2D eigenvalue weighted by Gasteiger charge is 2.36. The fourth-order valence-corrected chi connectivity index (χ4v) is 4.70. The molecule has 4 rings (SSSR count). The van der Waals surface area contributed by atoms with Crippen molar-refractivity contribution in [3.63, 3.8) is 0 Å². The maximum atomic E-state index is 10.7. The number of ether oxygens (including phenoxy) is 1. The first kappa shape index (κ1) is 18.8. The molecule has 2 fully saturated rings. The first-order chi connectivity index (χ1) is 13.0. The molecular formula is C22H31N3O2. The monoisotopic (exact) mass is 369 g/mol. The predicted octanol–water partition coefficient (Wildman–Crippen LogP) is 2.18.